The van der Waals surface area contributed by atoms with Crippen molar-refractivity contribution in [2.24, 2.45) is 0 Å². The van der Waals surface area contributed by atoms with Gasteiger partial charge in [-0.05, 0) is 27.9 Å². The minimum atomic E-state index is -0.509. The Kier molecular flexibility index (Phi) is 3.94. The third-order valence-corrected chi connectivity index (χ3v) is 3.64. The van der Waals surface area contributed by atoms with Crippen molar-refractivity contribution < 1.29 is 5.11 Å². The van der Waals surface area contributed by atoms with E-state index < -0.39 is 6.10 Å². The molecule has 0 radical (unpaired) electrons. The van der Waals surface area contributed by atoms with E-state index in [-0.39, 0.29) is 6.04 Å². The summed E-state index contributed by atoms with van der Waals surface area (Å²) < 4.78 is 0. The predicted molar refractivity (Wildman–Crippen MR) is 70.3 cm³/mol. The summed E-state index contributed by atoms with van der Waals surface area (Å²) >= 11 is 0. The van der Waals surface area contributed by atoms with E-state index in [9.17, 15) is 5.11 Å². The third-order valence-electron chi connectivity index (χ3n) is 3.64. The number of nitrogens with zero attached hydrogens (tertiary/aromatic N) is 4. The highest BCUT2D eigenvalue weighted by atomic mass is 16.3. The molecule has 1 aromatic heterocycles. The van der Waals surface area contributed by atoms with Crippen molar-refractivity contribution in [3.05, 3.63) is 23.3 Å². The summed E-state index contributed by atoms with van der Waals surface area (Å²) in [7, 11) is 4.23. The van der Waals surface area contributed by atoms with E-state index in [0.29, 0.717) is 0 Å². The summed E-state index contributed by atoms with van der Waals surface area (Å²) in [4.78, 5) is 13.6. The van der Waals surface area contributed by atoms with Gasteiger partial charge in [-0.3, -0.25) is 4.90 Å². The molecule has 1 aliphatic heterocycles. The van der Waals surface area contributed by atoms with Crippen molar-refractivity contribution in [3.8, 4) is 0 Å². The Bertz CT molecular complexity index is 421. The number of piperazine rings is 1. The largest absolute Gasteiger partial charge is 0.389 e. The van der Waals surface area contributed by atoms with Crippen molar-refractivity contribution >= 4 is 0 Å². The van der Waals surface area contributed by atoms with Gasteiger partial charge in [-0.25, -0.2) is 9.97 Å². The van der Waals surface area contributed by atoms with Gasteiger partial charge in [0.25, 0.3) is 0 Å². The lowest BCUT2D eigenvalue weighted by atomic mass is 10.1. The molecule has 1 saturated heterocycles. The lowest BCUT2D eigenvalue weighted by molar-refractivity contribution is 0.109. The number of aliphatic hydroxyl groups is 1. The van der Waals surface area contributed by atoms with Gasteiger partial charge in [-0.15, -0.1) is 0 Å². The SMILES string of the molecule is Cc1nc(C2CN(C)CCN2C)ncc1[C@@H](C)O. The van der Waals surface area contributed by atoms with E-state index in [2.05, 4.69) is 33.9 Å². The fourth-order valence-corrected chi connectivity index (χ4v) is 2.35. The third kappa shape index (κ3) is 2.68. The Labute approximate surface area is 108 Å². The quantitative estimate of drug-likeness (QED) is 0.839. The fraction of sp³-hybridized carbons (Fsp3) is 0.692. The molecule has 1 unspecified atom stereocenters. The lowest BCUT2D eigenvalue weighted by Crippen LogP contribution is -2.45. The first-order chi connectivity index (χ1) is 8.49. The van der Waals surface area contributed by atoms with Crippen LogP contribution >= 0.6 is 0 Å². The Morgan fingerprint density at radius 3 is 2.72 bits per heavy atom. The van der Waals surface area contributed by atoms with Crippen LogP contribution in [0, 0.1) is 6.92 Å². The first kappa shape index (κ1) is 13.4. The molecular weight excluding hydrogens is 228 g/mol. The first-order valence-corrected chi connectivity index (χ1v) is 6.39. The Hall–Kier alpha value is -1.04. The Balaban J connectivity index is 2.25. The van der Waals surface area contributed by atoms with Crippen molar-refractivity contribution in [3.63, 3.8) is 0 Å². The molecular formula is C13H22N4O. The average Bonchev–Trinajstić information content (AvgIpc) is 2.31. The molecule has 0 saturated carbocycles. The van der Waals surface area contributed by atoms with Crippen LogP contribution in [0.25, 0.3) is 0 Å². The van der Waals surface area contributed by atoms with Gasteiger partial charge < -0.3 is 10.0 Å². The summed E-state index contributed by atoms with van der Waals surface area (Å²) in [6.07, 6.45) is 1.25. The van der Waals surface area contributed by atoms with E-state index >= 15 is 0 Å². The van der Waals surface area contributed by atoms with Crippen molar-refractivity contribution in [1.29, 1.82) is 0 Å². The zero-order valence-corrected chi connectivity index (χ0v) is 11.6. The monoisotopic (exact) mass is 250 g/mol. The zero-order chi connectivity index (χ0) is 13.3. The lowest BCUT2D eigenvalue weighted by Gasteiger charge is -2.36. The van der Waals surface area contributed by atoms with Crippen LogP contribution in [0.4, 0.5) is 0 Å². The maximum Gasteiger partial charge on any atom is 0.146 e. The molecule has 0 aliphatic carbocycles. The number of aromatic nitrogens is 2. The van der Waals surface area contributed by atoms with E-state index in [1.54, 1.807) is 13.1 Å². The highest BCUT2D eigenvalue weighted by Gasteiger charge is 2.26. The molecule has 0 spiro atoms. The number of aliphatic hydroxyl groups excluding tert-OH is 1. The molecule has 5 heteroatoms. The van der Waals surface area contributed by atoms with Gasteiger partial charge in [0.05, 0.1) is 12.1 Å². The smallest absolute Gasteiger partial charge is 0.146 e. The van der Waals surface area contributed by atoms with E-state index in [1.807, 2.05) is 6.92 Å². The zero-order valence-electron chi connectivity index (χ0n) is 11.6. The van der Waals surface area contributed by atoms with E-state index in [4.69, 9.17) is 0 Å². The maximum atomic E-state index is 9.60. The predicted octanol–water partition coefficient (Wildman–Crippen LogP) is 0.757. The molecule has 1 aromatic rings. The van der Waals surface area contributed by atoms with Crippen LogP contribution in [0.1, 0.15) is 36.2 Å². The summed E-state index contributed by atoms with van der Waals surface area (Å²) in [5.41, 5.74) is 1.68. The fourth-order valence-electron chi connectivity index (χ4n) is 2.35. The van der Waals surface area contributed by atoms with Crippen LogP contribution in [-0.4, -0.2) is 58.6 Å². The minimum Gasteiger partial charge on any atom is -0.389 e. The molecule has 2 rings (SSSR count). The number of hydrogen-bond donors (Lipinski definition) is 1. The van der Waals surface area contributed by atoms with Crippen molar-refractivity contribution in [2.75, 3.05) is 33.7 Å². The second-order valence-corrected chi connectivity index (χ2v) is 5.20. The molecule has 5 nitrogen and oxygen atoms in total. The molecule has 0 amide bonds. The average molecular weight is 250 g/mol. The second kappa shape index (κ2) is 5.30. The van der Waals surface area contributed by atoms with Crippen molar-refractivity contribution in [1.82, 2.24) is 19.8 Å². The highest BCUT2D eigenvalue weighted by Crippen LogP contribution is 2.22. The molecule has 2 heterocycles. The second-order valence-electron chi connectivity index (χ2n) is 5.20. The van der Waals surface area contributed by atoms with Gasteiger partial charge in [-0.2, -0.15) is 0 Å². The van der Waals surface area contributed by atoms with Gasteiger partial charge in [0.1, 0.15) is 5.82 Å². The van der Waals surface area contributed by atoms with E-state index in [1.165, 1.54) is 0 Å². The van der Waals surface area contributed by atoms with Crippen LogP contribution in [0.2, 0.25) is 0 Å². The van der Waals surface area contributed by atoms with Crippen LogP contribution in [-0.2, 0) is 0 Å². The molecule has 2 atom stereocenters. The van der Waals surface area contributed by atoms with Crippen LogP contribution in [0.5, 0.6) is 0 Å². The maximum absolute atomic E-state index is 9.60. The topological polar surface area (TPSA) is 52.5 Å². The molecule has 0 bridgehead atoms. The summed E-state index contributed by atoms with van der Waals surface area (Å²) in [5.74, 6) is 0.853. The Morgan fingerprint density at radius 1 is 1.39 bits per heavy atom. The van der Waals surface area contributed by atoms with Gasteiger partial charge in [0.2, 0.25) is 0 Å². The van der Waals surface area contributed by atoms with Gasteiger partial charge in [0.15, 0.2) is 0 Å². The van der Waals surface area contributed by atoms with Gasteiger partial charge in [-0.1, -0.05) is 0 Å². The van der Waals surface area contributed by atoms with E-state index in [0.717, 1.165) is 36.7 Å². The normalized spacial score (nSPS) is 24.2. The Morgan fingerprint density at radius 2 is 2.11 bits per heavy atom. The van der Waals surface area contributed by atoms with Gasteiger partial charge in [0, 0.05) is 37.1 Å². The molecule has 1 N–H and O–H groups in total. The summed E-state index contributed by atoms with van der Waals surface area (Å²) in [5, 5.41) is 9.60. The number of rotatable bonds is 2. The molecule has 100 valence electrons. The molecule has 1 fully saturated rings. The van der Waals surface area contributed by atoms with Gasteiger partial charge >= 0.3 is 0 Å². The van der Waals surface area contributed by atoms with Crippen LogP contribution in [0.15, 0.2) is 6.20 Å². The number of hydrogen-bond acceptors (Lipinski definition) is 5. The minimum absolute atomic E-state index is 0.241. The first-order valence-electron chi connectivity index (χ1n) is 6.39. The summed E-state index contributed by atoms with van der Waals surface area (Å²) in [6.45, 7) is 6.73. The molecule has 18 heavy (non-hydrogen) atoms. The van der Waals surface area contributed by atoms with Crippen LogP contribution < -0.4 is 0 Å². The standard InChI is InChI=1S/C13H22N4O/c1-9-11(10(2)18)7-14-13(15-9)12-8-16(3)5-6-17(12)4/h7,10,12,18H,5-6,8H2,1-4H3/t10-,12?/m1/s1. The molecule has 0 aromatic carbocycles. The number of aryl methyl sites for hydroxylation is 1. The van der Waals surface area contributed by atoms with Crippen molar-refractivity contribution in [2.45, 2.75) is 26.0 Å². The van der Waals surface area contributed by atoms with Crippen LogP contribution in [0.3, 0.4) is 0 Å². The number of likely N-dealkylation sites (N-methyl/N-ethyl adjacent to an activating group) is 2. The molecule has 1 aliphatic rings. The summed E-state index contributed by atoms with van der Waals surface area (Å²) in [6, 6.07) is 0.241. The highest BCUT2D eigenvalue weighted by molar-refractivity contribution is 5.19.